The highest BCUT2D eigenvalue weighted by Crippen LogP contribution is 2.43. The topological polar surface area (TPSA) is 111 Å². The number of phosphoric ester groups is 1. The average molecular weight is 1190 g/mol. The van der Waals surface area contributed by atoms with Gasteiger partial charge in [-0.25, -0.2) is 4.57 Å². The van der Waals surface area contributed by atoms with Gasteiger partial charge >= 0.3 is 13.8 Å². The van der Waals surface area contributed by atoms with Crippen molar-refractivity contribution < 1.29 is 37.3 Å². The molecule has 0 spiro atoms. The Bertz CT molecular complexity index is 1560. The lowest BCUT2D eigenvalue weighted by atomic mass is 10.0. The van der Waals surface area contributed by atoms with Gasteiger partial charge in [0.1, 0.15) is 19.3 Å². The minimum Gasteiger partial charge on any atom is -0.456 e. The molecule has 0 saturated heterocycles. The Morgan fingerprint density at radius 1 is 0.422 bits per heavy atom. The van der Waals surface area contributed by atoms with E-state index >= 15 is 0 Å². The Morgan fingerprint density at radius 2 is 0.735 bits per heavy atom. The number of ether oxygens (including phenoxy) is 1. The first-order chi connectivity index (χ1) is 40.4. The Kier molecular flexibility index (Phi) is 61.5. The number of nitrogens with one attached hydrogen (secondary N) is 1. The van der Waals surface area contributed by atoms with Crippen LogP contribution in [-0.4, -0.2) is 74.3 Å². The molecule has 1 amide bonds. The van der Waals surface area contributed by atoms with Gasteiger partial charge in [0.2, 0.25) is 5.91 Å². The zero-order valence-corrected chi connectivity index (χ0v) is 56.8. The first kappa shape index (κ1) is 81.0. The molecule has 0 heterocycles. The number of nitrogens with zero attached hydrogens (tertiary/aromatic N) is 1. The van der Waals surface area contributed by atoms with Crippen LogP contribution in [0.4, 0.5) is 0 Å². The molecule has 10 heteroatoms. The van der Waals surface area contributed by atoms with E-state index in [1.54, 1.807) is 0 Å². The number of unbranched alkanes of at least 4 members (excludes halogenated alkanes) is 44. The minimum atomic E-state index is -4.46. The normalized spacial score (nSPS) is 13.8. The number of carbonyl (C=O) groups is 2. The van der Waals surface area contributed by atoms with E-state index in [1.165, 1.54) is 238 Å². The van der Waals surface area contributed by atoms with Crippen LogP contribution in [-0.2, 0) is 27.9 Å². The lowest BCUT2D eigenvalue weighted by Gasteiger charge is -2.27. The van der Waals surface area contributed by atoms with Gasteiger partial charge < -0.3 is 19.4 Å². The molecule has 9 nitrogen and oxygen atoms in total. The maximum atomic E-state index is 13.6. The van der Waals surface area contributed by atoms with Crippen LogP contribution in [0.15, 0.2) is 48.6 Å². The number of allylic oxidation sites excluding steroid dienone is 7. The van der Waals surface area contributed by atoms with Crippen molar-refractivity contribution in [3.63, 3.8) is 0 Å². The standard InChI is InChI=1S/C73H139N2O7P/c1-7-10-13-16-19-22-25-28-30-32-33-34-35-36-37-38-39-40-41-43-44-47-50-53-56-59-62-65-72(76)74-70(69-81-83(78,79)80-68-67-75(4,5)6)71(64-61-58-55-52-49-46-27-24-21-18-15-12-9-3)82-73(77)66-63-60-57-54-51-48-45-42-31-29-26-23-20-17-14-11-8-2/h20,23,29,31,45,48,61,64,70-71H,7-19,21-22,24-28,30,32-44,46-47,49-60,62-63,65-69H2,1-6H3,(H-,74,76,78,79)/p+1/b23-20-,31-29-,48-45-,64-61-. The van der Waals surface area contributed by atoms with Crippen molar-refractivity contribution in [2.75, 3.05) is 40.9 Å². The molecule has 3 unspecified atom stereocenters. The third-order valence-electron chi connectivity index (χ3n) is 16.3. The number of quaternary nitrogens is 1. The van der Waals surface area contributed by atoms with Gasteiger partial charge in [-0.05, 0) is 70.3 Å². The predicted octanol–water partition coefficient (Wildman–Crippen LogP) is 22.8. The molecular formula is C73H140N2O7P+. The summed E-state index contributed by atoms with van der Waals surface area (Å²) in [7, 11) is 1.50. The van der Waals surface area contributed by atoms with Gasteiger partial charge in [0, 0.05) is 12.8 Å². The van der Waals surface area contributed by atoms with Gasteiger partial charge in [0.25, 0.3) is 0 Å². The molecule has 3 atom stereocenters. The van der Waals surface area contributed by atoms with E-state index in [9.17, 15) is 19.0 Å². The minimum absolute atomic E-state index is 0.0379. The second kappa shape index (κ2) is 63.0. The van der Waals surface area contributed by atoms with Crippen LogP contribution in [0.25, 0.3) is 0 Å². The van der Waals surface area contributed by atoms with Crippen LogP contribution in [0.1, 0.15) is 355 Å². The number of amides is 1. The lowest BCUT2D eigenvalue weighted by Crippen LogP contribution is -2.47. The molecule has 0 aliphatic heterocycles. The Labute approximate surface area is 516 Å². The molecular weight excluding hydrogens is 1050 g/mol. The summed E-state index contributed by atoms with van der Waals surface area (Å²) in [5, 5.41) is 3.07. The van der Waals surface area contributed by atoms with E-state index in [0.29, 0.717) is 23.9 Å². The highest BCUT2D eigenvalue weighted by atomic mass is 31.2. The molecule has 0 aromatic heterocycles. The van der Waals surface area contributed by atoms with E-state index in [1.807, 2.05) is 33.3 Å². The summed E-state index contributed by atoms with van der Waals surface area (Å²) < 4.78 is 30.8. The molecule has 0 aliphatic rings. The molecule has 488 valence electrons. The Hall–Kier alpha value is -2.03. The van der Waals surface area contributed by atoms with E-state index in [0.717, 1.165) is 77.0 Å². The monoisotopic (exact) mass is 1190 g/mol. The van der Waals surface area contributed by atoms with Crippen LogP contribution in [0, 0.1) is 0 Å². The predicted molar refractivity (Wildman–Crippen MR) is 360 cm³/mol. The third-order valence-corrected chi connectivity index (χ3v) is 17.3. The van der Waals surface area contributed by atoms with Gasteiger partial charge in [-0.15, -0.1) is 0 Å². The second-order valence-corrected chi connectivity index (χ2v) is 27.2. The summed E-state index contributed by atoms with van der Waals surface area (Å²) in [5.74, 6) is -0.514. The molecule has 0 saturated carbocycles. The van der Waals surface area contributed by atoms with E-state index < -0.39 is 20.0 Å². The first-order valence-electron chi connectivity index (χ1n) is 36.0. The highest BCUT2D eigenvalue weighted by molar-refractivity contribution is 7.47. The summed E-state index contributed by atoms with van der Waals surface area (Å²) >= 11 is 0. The van der Waals surface area contributed by atoms with E-state index in [-0.39, 0.29) is 31.5 Å². The maximum absolute atomic E-state index is 13.6. The largest absolute Gasteiger partial charge is 0.472 e. The quantitative estimate of drug-likeness (QED) is 0.0205. The van der Waals surface area contributed by atoms with Crippen molar-refractivity contribution in [3.8, 4) is 0 Å². The van der Waals surface area contributed by atoms with Gasteiger partial charge in [-0.2, -0.15) is 0 Å². The second-order valence-electron chi connectivity index (χ2n) is 25.8. The van der Waals surface area contributed by atoms with Crippen molar-refractivity contribution in [1.82, 2.24) is 5.32 Å². The van der Waals surface area contributed by atoms with Crippen LogP contribution in [0.5, 0.6) is 0 Å². The van der Waals surface area contributed by atoms with Crippen molar-refractivity contribution in [2.24, 2.45) is 0 Å². The Balaban J connectivity index is 5.03. The number of rotatable bonds is 66. The molecule has 0 radical (unpaired) electrons. The van der Waals surface area contributed by atoms with Crippen molar-refractivity contribution in [1.29, 1.82) is 0 Å². The van der Waals surface area contributed by atoms with Gasteiger partial charge in [-0.1, -0.05) is 320 Å². The number of likely N-dealkylation sites (N-methyl/N-ethyl adjacent to an activating group) is 1. The summed E-state index contributed by atoms with van der Waals surface area (Å²) in [6.07, 6.45) is 79.9. The smallest absolute Gasteiger partial charge is 0.456 e. The highest BCUT2D eigenvalue weighted by Gasteiger charge is 2.30. The maximum Gasteiger partial charge on any atom is 0.472 e. The van der Waals surface area contributed by atoms with Crippen LogP contribution in [0.3, 0.4) is 0 Å². The molecule has 2 N–H and O–H groups in total. The molecule has 0 aliphatic carbocycles. The van der Waals surface area contributed by atoms with Crippen LogP contribution < -0.4 is 5.32 Å². The average Bonchev–Trinajstić information content (AvgIpc) is 3.47. The number of esters is 1. The number of carbonyl (C=O) groups excluding carboxylic acids is 2. The molecule has 0 rings (SSSR count). The van der Waals surface area contributed by atoms with Crippen LogP contribution >= 0.6 is 7.82 Å². The summed E-state index contributed by atoms with van der Waals surface area (Å²) in [6.45, 7) is 7.02. The molecule has 0 aromatic carbocycles. The molecule has 0 aromatic rings. The fourth-order valence-electron chi connectivity index (χ4n) is 10.7. The summed E-state index contributed by atoms with van der Waals surface area (Å²) in [5.41, 5.74) is 0. The molecule has 83 heavy (non-hydrogen) atoms. The third kappa shape index (κ3) is 64.3. The fraction of sp³-hybridized carbons (Fsp3) is 0.863. The first-order valence-corrected chi connectivity index (χ1v) is 37.5. The summed E-state index contributed by atoms with van der Waals surface area (Å²) in [6, 6.07) is -0.856. The van der Waals surface area contributed by atoms with Crippen molar-refractivity contribution in [2.45, 2.75) is 367 Å². The number of phosphoric acid groups is 1. The van der Waals surface area contributed by atoms with Gasteiger partial charge in [0.05, 0.1) is 33.8 Å². The number of hydrogen-bond donors (Lipinski definition) is 2. The van der Waals surface area contributed by atoms with E-state index in [4.69, 9.17) is 13.8 Å². The number of hydrogen-bond acceptors (Lipinski definition) is 6. The van der Waals surface area contributed by atoms with Crippen molar-refractivity contribution >= 4 is 19.7 Å². The lowest BCUT2D eigenvalue weighted by molar-refractivity contribution is -0.870. The zero-order chi connectivity index (χ0) is 60.7. The zero-order valence-electron chi connectivity index (χ0n) is 56.0. The van der Waals surface area contributed by atoms with Crippen molar-refractivity contribution in [3.05, 3.63) is 48.6 Å². The summed E-state index contributed by atoms with van der Waals surface area (Å²) in [4.78, 5) is 37.9. The van der Waals surface area contributed by atoms with Crippen LogP contribution in [0.2, 0.25) is 0 Å². The SMILES string of the molecule is CCCCC/C=C\C/C=C\C/C=C\CCCCCCC(=O)OC(/C=C\CCCCCCCCCCCCC)C(COP(=O)(O)OCC[N+](C)(C)C)NC(=O)CCCCCCCCCCCCCCCCCCCCCCCCCCCCC. The van der Waals surface area contributed by atoms with Gasteiger partial charge in [0.15, 0.2) is 0 Å². The van der Waals surface area contributed by atoms with E-state index in [2.05, 4.69) is 62.5 Å². The Morgan fingerprint density at radius 3 is 1.12 bits per heavy atom. The fourth-order valence-corrected chi connectivity index (χ4v) is 11.5. The van der Waals surface area contributed by atoms with Gasteiger partial charge in [-0.3, -0.25) is 18.6 Å². The molecule has 0 fully saturated rings. The molecule has 0 bridgehead atoms.